The van der Waals surface area contributed by atoms with E-state index in [1.54, 1.807) is 18.2 Å². The van der Waals surface area contributed by atoms with Crippen molar-refractivity contribution in [3.05, 3.63) is 53.1 Å². The molecule has 1 aromatic heterocycles. The monoisotopic (exact) mass is 477 g/mol. The Bertz CT molecular complexity index is 1210. The van der Waals surface area contributed by atoms with Gasteiger partial charge in [0.15, 0.2) is 0 Å². The molecule has 11 heteroatoms. The van der Waals surface area contributed by atoms with Gasteiger partial charge in [0, 0.05) is 18.1 Å². The molecule has 1 saturated heterocycles. The highest BCUT2D eigenvalue weighted by atomic mass is 35.5. The highest BCUT2D eigenvalue weighted by Gasteiger charge is 2.36. The maximum Gasteiger partial charge on any atom is 0.244 e. The fourth-order valence-corrected chi connectivity index (χ4v) is 5.48. The van der Waals surface area contributed by atoms with Gasteiger partial charge in [0.2, 0.25) is 15.9 Å². The molecule has 1 N–H and O–H groups in total. The van der Waals surface area contributed by atoms with E-state index in [9.17, 15) is 13.2 Å². The largest absolute Gasteiger partial charge is 0.395 e. The van der Waals surface area contributed by atoms with E-state index in [2.05, 4.69) is 15.6 Å². The van der Waals surface area contributed by atoms with Crippen LogP contribution in [0.3, 0.4) is 0 Å². The van der Waals surface area contributed by atoms with Crippen LogP contribution in [-0.4, -0.2) is 53.0 Å². The number of carbonyl (C=O) groups is 1. The zero-order chi connectivity index (χ0) is 22.7. The van der Waals surface area contributed by atoms with Gasteiger partial charge in [-0.25, -0.2) is 8.42 Å². The molecule has 1 aliphatic rings. The Morgan fingerprint density at radius 2 is 2.00 bits per heavy atom. The minimum atomic E-state index is -3.97. The van der Waals surface area contributed by atoms with Crippen LogP contribution in [-0.2, 0) is 21.4 Å². The number of halogens is 1. The van der Waals surface area contributed by atoms with Crippen LogP contribution in [0.25, 0.3) is 11.0 Å². The van der Waals surface area contributed by atoms with E-state index in [0.717, 1.165) is 12.8 Å². The maximum atomic E-state index is 13.6. The number of nitrogens with one attached hydrogen (secondary N) is 1. The summed E-state index contributed by atoms with van der Waals surface area (Å²) in [6, 6.07) is 10.5. The van der Waals surface area contributed by atoms with Crippen molar-refractivity contribution in [1.82, 2.24) is 24.8 Å². The second kappa shape index (κ2) is 9.43. The first-order chi connectivity index (χ1) is 15.4. The van der Waals surface area contributed by atoms with Crippen LogP contribution in [0.1, 0.15) is 31.7 Å². The molecule has 2 heterocycles. The summed E-state index contributed by atoms with van der Waals surface area (Å²) in [7, 11) is -3.97. The molecular formula is C21H24ClN5O4S. The molecular weight excluding hydrogens is 454 g/mol. The summed E-state index contributed by atoms with van der Waals surface area (Å²) >= 11 is 5.95. The molecule has 9 nitrogen and oxygen atoms in total. The lowest BCUT2D eigenvalue weighted by Crippen LogP contribution is -2.48. The van der Waals surface area contributed by atoms with E-state index in [-0.39, 0.29) is 17.3 Å². The van der Waals surface area contributed by atoms with Gasteiger partial charge in [0.25, 0.3) is 0 Å². The number of carbonyl (C=O) groups excluding carboxylic acids is 1. The second-order valence-electron chi connectivity index (χ2n) is 7.51. The topological polar surface area (TPSA) is 106 Å². The van der Waals surface area contributed by atoms with Crippen molar-refractivity contribution in [2.75, 3.05) is 13.2 Å². The predicted molar refractivity (Wildman–Crippen MR) is 119 cm³/mol. The first-order valence-corrected chi connectivity index (χ1v) is 12.2. The third-order valence-electron chi connectivity index (χ3n) is 5.34. The highest BCUT2D eigenvalue weighted by molar-refractivity contribution is 7.89. The van der Waals surface area contributed by atoms with Crippen LogP contribution >= 0.6 is 11.6 Å². The van der Waals surface area contributed by atoms with E-state index in [0.29, 0.717) is 41.2 Å². The van der Waals surface area contributed by atoms with Crippen molar-refractivity contribution < 1.29 is 18.0 Å². The number of nitrogens with zero attached hydrogens (tertiary/aromatic N) is 4. The summed E-state index contributed by atoms with van der Waals surface area (Å²) in [6.07, 6.45) is 2.00. The first kappa shape index (κ1) is 22.5. The highest BCUT2D eigenvalue weighted by Crippen LogP contribution is 2.26. The van der Waals surface area contributed by atoms with Crippen molar-refractivity contribution >= 4 is 38.6 Å². The Morgan fingerprint density at radius 3 is 2.75 bits per heavy atom. The third kappa shape index (κ3) is 4.57. The van der Waals surface area contributed by atoms with E-state index in [1.807, 2.05) is 6.92 Å². The third-order valence-corrected chi connectivity index (χ3v) is 7.46. The van der Waals surface area contributed by atoms with Gasteiger partial charge in [-0.1, -0.05) is 22.5 Å². The summed E-state index contributed by atoms with van der Waals surface area (Å²) in [6.45, 7) is 2.83. The smallest absolute Gasteiger partial charge is 0.244 e. The standard InChI is InChI=1S/C21H24ClN5O4S/c1-2-31-27-19-11-6-15(13-18(19)24-25-27)14-26(20-5-3-4-12-23-21(20)28)32(29,30)17-9-7-16(22)8-10-17/h6-11,13,20H,2-5,12,14H2,1H3,(H,23,28)/t20-/m1/s1. The number of rotatable bonds is 7. The Balaban J connectivity index is 1.72. The van der Waals surface area contributed by atoms with Crippen molar-refractivity contribution in [2.45, 2.75) is 43.7 Å². The van der Waals surface area contributed by atoms with Gasteiger partial charge in [0.1, 0.15) is 23.7 Å². The fourth-order valence-electron chi connectivity index (χ4n) is 3.75. The molecule has 0 aliphatic carbocycles. The Labute approximate surface area is 191 Å². The molecule has 1 amide bonds. The Morgan fingerprint density at radius 1 is 1.22 bits per heavy atom. The maximum absolute atomic E-state index is 13.6. The van der Waals surface area contributed by atoms with Crippen molar-refractivity contribution in [3.63, 3.8) is 0 Å². The summed E-state index contributed by atoms with van der Waals surface area (Å²) in [4.78, 5) is 19.6. The molecule has 32 heavy (non-hydrogen) atoms. The van der Waals surface area contributed by atoms with Gasteiger partial charge in [-0.15, -0.1) is 5.10 Å². The van der Waals surface area contributed by atoms with Crippen molar-refractivity contribution in [1.29, 1.82) is 0 Å². The molecule has 3 aromatic rings. The summed E-state index contributed by atoms with van der Waals surface area (Å²) in [5.41, 5.74) is 1.94. The molecule has 170 valence electrons. The van der Waals surface area contributed by atoms with Crippen LogP contribution in [0.4, 0.5) is 0 Å². The van der Waals surface area contributed by atoms with Gasteiger partial charge < -0.3 is 10.2 Å². The molecule has 1 atom stereocenters. The molecule has 1 fully saturated rings. The number of amides is 1. The van der Waals surface area contributed by atoms with Gasteiger partial charge in [-0.3, -0.25) is 4.79 Å². The SMILES string of the molecule is CCOn1nnc2cc(CN([C@@H]3CCCCNC3=O)S(=O)(=O)c3ccc(Cl)cc3)ccc21. The lowest BCUT2D eigenvalue weighted by Gasteiger charge is -2.29. The van der Waals surface area contributed by atoms with Crippen molar-refractivity contribution in [3.8, 4) is 0 Å². The summed E-state index contributed by atoms with van der Waals surface area (Å²) in [5.74, 6) is -0.289. The normalized spacial score (nSPS) is 17.3. The predicted octanol–water partition coefficient (Wildman–Crippen LogP) is 2.39. The summed E-state index contributed by atoms with van der Waals surface area (Å²) < 4.78 is 28.5. The molecule has 1 aliphatic heterocycles. The van der Waals surface area contributed by atoms with Crippen LogP contribution in [0, 0.1) is 0 Å². The Kier molecular flexibility index (Phi) is 6.63. The van der Waals surface area contributed by atoms with Crippen LogP contribution in [0.15, 0.2) is 47.4 Å². The van der Waals surface area contributed by atoms with Crippen LogP contribution < -0.4 is 10.2 Å². The lowest BCUT2D eigenvalue weighted by molar-refractivity contribution is -0.124. The zero-order valence-corrected chi connectivity index (χ0v) is 19.1. The second-order valence-corrected chi connectivity index (χ2v) is 9.84. The van der Waals surface area contributed by atoms with Gasteiger partial charge >= 0.3 is 0 Å². The molecule has 0 unspecified atom stereocenters. The number of hydrogen-bond acceptors (Lipinski definition) is 6. The minimum absolute atomic E-state index is 0.0144. The van der Waals surface area contributed by atoms with Crippen LogP contribution in [0.5, 0.6) is 0 Å². The number of benzene rings is 2. The average molecular weight is 478 g/mol. The number of hydrogen-bond donors (Lipinski definition) is 1. The lowest BCUT2D eigenvalue weighted by atomic mass is 10.1. The quantitative estimate of drug-likeness (QED) is 0.560. The number of aromatic nitrogens is 3. The zero-order valence-electron chi connectivity index (χ0n) is 17.6. The van der Waals surface area contributed by atoms with E-state index in [1.165, 1.54) is 33.4 Å². The number of sulfonamides is 1. The molecule has 4 rings (SSSR count). The Hall–Kier alpha value is -2.69. The number of fused-ring (bicyclic) bond motifs is 1. The molecule has 2 aromatic carbocycles. The first-order valence-electron chi connectivity index (χ1n) is 10.4. The van der Waals surface area contributed by atoms with E-state index >= 15 is 0 Å². The van der Waals surface area contributed by atoms with E-state index < -0.39 is 16.1 Å². The van der Waals surface area contributed by atoms with Crippen LogP contribution in [0.2, 0.25) is 5.02 Å². The van der Waals surface area contributed by atoms with Gasteiger partial charge in [-0.2, -0.15) is 4.31 Å². The summed E-state index contributed by atoms with van der Waals surface area (Å²) in [5, 5.41) is 11.3. The minimum Gasteiger partial charge on any atom is -0.395 e. The fraction of sp³-hybridized carbons (Fsp3) is 0.381. The molecule has 0 saturated carbocycles. The average Bonchev–Trinajstić information content (AvgIpc) is 3.04. The molecule has 0 spiro atoms. The molecule has 0 bridgehead atoms. The van der Waals surface area contributed by atoms with E-state index in [4.69, 9.17) is 16.4 Å². The van der Waals surface area contributed by atoms with Gasteiger partial charge in [0.05, 0.1) is 4.90 Å². The molecule has 0 radical (unpaired) electrons. The van der Waals surface area contributed by atoms with Gasteiger partial charge in [-0.05, 0) is 73.4 Å². The van der Waals surface area contributed by atoms with Crippen molar-refractivity contribution in [2.24, 2.45) is 0 Å².